The molecule has 2 atom stereocenters. The van der Waals surface area contributed by atoms with E-state index < -0.39 is 12.0 Å². The Hall–Kier alpha value is -0.690. The Bertz CT molecular complexity index is 182. The summed E-state index contributed by atoms with van der Waals surface area (Å²) in [7, 11) is 0. The first-order valence-electron chi connectivity index (χ1n) is 4.57. The van der Waals surface area contributed by atoms with Gasteiger partial charge in [0.25, 0.3) is 0 Å². The molecule has 14 heavy (non-hydrogen) atoms. The highest BCUT2D eigenvalue weighted by atomic mass is 16.5. The molecule has 1 fully saturated rings. The number of aliphatic carboxylic acids is 1. The third kappa shape index (κ3) is 4.01. The number of hydrogen-bond acceptors (Lipinski definition) is 5. The number of hydrogen-bond donors (Lipinski definition) is 3. The highest BCUT2D eigenvalue weighted by molar-refractivity contribution is 5.73. The molecule has 1 aliphatic rings. The fourth-order valence-corrected chi connectivity index (χ4v) is 1.14. The molecular weight excluding hydrogens is 188 g/mol. The Balaban J connectivity index is 2.05. The van der Waals surface area contributed by atoms with Crippen LogP contribution < -0.4 is 11.1 Å². The van der Waals surface area contributed by atoms with Gasteiger partial charge in [-0.2, -0.15) is 0 Å². The van der Waals surface area contributed by atoms with Crippen molar-refractivity contribution in [1.29, 1.82) is 0 Å². The summed E-state index contributed by atoms with van der Waals surface area (Å²) in [5.41, 5.74) is 5.26. The lowest BCUT2D eigenvalue weighted by Crippen LogP contribution is -2.45. The van der Waals surface area contributed by atoms with Crippen LogP contribution in [0.15, 0.2) is 0 Å². The summed E-state index contributed by atoms with van der Waals surface area (Å²) in [6.07, 6.45) is 0. The average molecular weight is 204 g/mol. The molecule has 0 aromatic carbocycles. The van der Waals surface area contributed by atoms with E-state index in [0.717, 1.165) is 6.54 Å². The topological polar surface area (TPSA) is 93.8 Å². The van der Waals surface area contributed by atoms with Crippen LogP contribution in [0.2, 0.25) is 0 Å². The molecule has 0 spiro atoms. The number of rotatable bonds is 5. The minimum atomic E-state index is -1.04. The minimum Gasteiger partial charge on any atom is -0.480 e. The lowest BCUT2D eigenvalue weighted by Gasteiger charge is -2.23. The highest BCUT2D eigenvalue weighted by Crippen LogP contribution is 1.94. The Kier molecular flexibility index (Phi) is 4.81. The second-order valence-electron chi connectivity index (χ2n) is 3.21. The molecule has 1 rings (SSSR count). The van der Waals surface area contributed by atoms with Gasteiger partial charge in [-0.25, -0.2) is 0 Å². The average Bonchev–Trinajstić information content (AvgIpc) is 2.19. The molecule has 0 aliphatic carbocycles. The fraction of sp³-hybridized carbons (Fsp3) is 0.875. The van der Waals surface area contributed by atoms with Crippen LogP contribution in [-0.4, -0.2) is 56.1 Å². The maximum Gasteiger partial charge on any atom is 0.322 e. The van der Waals surface area contributed by atoms with Gasteiger partial charge in [0.15, 0.2) is 0 Å². The van der Waals surface area contributed by atoms with Crippen LogP contribution in [0.5, 0.6) is 0 Å². The van der Waals surface area contributed by atoms with Crippen LogP contribution in [0.3, 0.4) is 0 Å². The smallest absolute Gasteiger partial charge is 0.322 e. The third-order valence-corrected chi connectivity index (χ3v) is 1.93. The van der Waals surface area contributed by atoms with E-state index in [1.54, 1.807) is 0 Å². The second-order valence-corrected chi connectivity index (χ2v) is 3.21. The highest BCUT2D eigenvalue weighted by Gasteiger charge is 2.15. The molecule has 1 heterocycles. The minimum absolute atomic E-state index is 0.0352. The van der Waals surface area contributed by atoms with Crippen LogP contribution in [0.1, 0.15) is 0 Å². The summed E-state index contributed by atoms with van der Waals surface area (Å²) >= 11 is 0. The molecule has 0 unspecified atom stereocenters. The maximum atomic E-state index is 10.3. The van der Waals surface area contributed by atoms with Gasteiger partial charge >= 0.3 is 5.97 Å². The van der Waals surface area contributed by atoms with Crippen molar-refractivity contribution >= 4 is 5.97 Å². The molecule has 0 aromatic rings. The van der Waals surface area contributed by atoms with E-state index in [9.17, 15) is 4.79 Å². The first-order chi connectivity index (χ1) is 6.70. The summed E-state index contributed by atoms with van der Waals surface area (Å²) in [6.45, 7) is 2.58. The zero-order valence-corrected chi connectivity index (χ0v) is 7.94. The number of nitrogens with two attached hydrogens (primary N) is 1. The van der Waals surface area contributed by atoms with E-state index in [-0.39, 0.29) is 12.6 Å². The number of carboxylic acid groups (broad SMARTS) is 1. The van der Waals surface area contributed by atoms with Gasteiger partial charge in [-0.3, -0.25) is 4.79 Å². The standard InChI is InChI=1S/C8H16N2O4/c9-7(8(11)12)5-14-4-6-3-13-2-1-10-6/h6-7,10H,1-5,9H2,(H,11,12)/t6-,7-/m0/s1. The van der Waals surface area contributed by atoms with Crippen molar-refractivity contribution < 1.29 is 19.4 Å². The molecule has 0 aromatic heterocycles. The molecular formula is C8H16N2O4. The van der Waals surface area contributed by atoms with Crippen molar-refractivity contribution in [3.8, 4) is 0 Å². The first kappa shape index (κ1) is 11.4. The lowest BCUT2D eigenvalue weighted by molar-refractivity contribution is -0.140. The van der Waals surface area contributed by atoms with Gasteiger partial charge in [-0.05, 0) is 0 Å². The number of ether oxygens (including phenoxy) is 2. The van der Waals surface area contributed by atoms with Crippen molar-refractivity contribution in [3.63, 3.8) is 0 Å². The van der Waals surface area contributed by atoms with Crippen molar-refractivity contribution in [1.82, 2.24) is 5.32 Å². The maximum absolute atomic E-state index is 10.3. The Labute approximate surface area is 82.4 Å². The first-order valence-corrected chi connectivity index (χ1v) is 4.57. The third-order valence-electron chi connectivity index (χ3n) is 1.93. The van der Waals surface area contributed by atoms with E-state index in [4.69, 9.17) is 20.3 Å². The molecule has 6 heteroatoms. The van der Waals surface area contributed by atoms with Gasteiger partial charge in [0.2, 0.25) is 0 Å². The molecule has 0 bridgehead atoms. The molecule has 1 saturated heterocycles. The zero-order chi connectivity index (χ0) is 10.4. The van der Waals surface area contributed by atoms with Gasteiger partial charge in [0.1, 0.15) is 6.04 Å². The van der Waals surface area contributed by atoms with E-state index in [0.29, 0.717) is 19.8 Å². The molecule has 0 saturated carbocycles. The Morgan fingerprint density at radius 1 is 1.79 bits per heavy atom. The predicted octanol–water partition coefficient (Wildman–Crippen LogP) is -1.60. The zero-order valence-electron chi connectivity index (χ0n) is 7.94. The van der Waals surface area contributed by atoms with Crippen molar-refractivity contribution in [3.05, 3.63) is 0 Å². The summed E-state index contributed by atoms with van der Waals surface area (Å²) in [6, 6.07) is -0.802. The van der Waals surface area contributed by atoms with Crippen molar-refractivity contribution in [2.45, 2.75) is 12.1 Å². The summed E-state index contributed by atoms with van der Waals surface area (Å²) in [4.78, 5) is 10.3. The van der Waals surface area contributed by atoms with E-state index in [1.807, 2.05) is 0 Å². The normalized spacial score (nSPS) is 24.5. The van der Waals surface area contributed by atoms with Crippen LogP contribution >= 0.6 is 0 Å². The number of carbonyl (C=O) groups is 1. The van der Waals surface area contributed by atoms with Gasteiger partial charge in [0.05, 0.1) is 32.5 Å². The van der Waals surface area contributed by atoms with Crippen LogP contribution in [0.25, 0.3) is 0 Å². The van der Waals surface area contributed by atoms with E-state index in [1.165, 1.54) is 0 Å². The summed E-state index contributed by atoms with van der Waals surface area (Å²) < 4.78 is 10.3. The summed E-state index contributed by atoms with van der Waals surface area (Å²) in [5, 5.41) is 11.7. The largest absolute Gasteiger partial charge is 0.480 e. The summed E-state index contributed by atoms with van der Waals surface area (Å²) in [5.74, 6) is -1.04. The number of carboxylic acids is 1. The number of nitrogens with one attached hydrogen (secondary N) is 1. The van der Waals surface area contributed by atoms with Gasteiger partial charge in [-0.1, -0.05) is 0 Å². The molecule has 82 valence electrons. The van der Waals surface area contributed by atoms with Crippen LogP contribution in [-0.2, 0) is 14.3 Å². The molecule has 0 amide bonds. The van der Waals surface area contributed by atoms with E-state index >= 15 is 0 Å². The Morgan fingerprint density at radius 2 is 2.57 bits per heavy atom. The van der Waals surface area contributed by atoms with Crippen LogP contribution in [0, 0.1) is 0 Å². The monoisotopic (exact) mass is 204 g/mol. The van der Waals surface area contributed by atoms with Crippen molar-refractivity contribution in [2.75, 3.05) is 33.0 Å². The van der Waals surface area contributed by atoms with Gasteiger partial charge < -0.3 is 25.6 Å². The molecule has 0 radical (unpaired) electrons. The molecule has 4 N–H and O–H groups in total. The second kappa shape index (κ2) is 5.92. The fourth-order valence-electron chi connectivity index (χ4n) is 1.14. The van der Waals surface area contributed by atoms with E-state index in [2.05, 4.69) is 5.32 Å². The van der Waals surface area contributed by atoms with Gasteiger partial charge in [-0.15, -0.1) is 0 Å². The quantitative estimate of drug-likeness (QED) is 0.499. The van der Waals surface area contributed by atoms with Crippen LogP contribution in [0.4, 0.5) is 0 Å². The Morgan fingerprint density at radius 3 is 3.14 bits per heavy atom. The lowest BCUT2D eigenvalue weighted by atomic mass is 10.3. The number of morpholine rings is 1. The van der Waals surface area contributed by atoms with Gasteiger partial charge in [0, 0.05) is 6.54 Å². The van der Waals surface area contributed by atoms with Crippen molar-refractivity contribution in [2.24, 2.45) is 5.73 Å². The predicted molar refractivity (Wildman–Crippen MR) is 49.0 cm³/mol. The SMILES string of the molecule is N[C@@H](COC[C@@H]1COCCN1)C(=O)O. The molecule has 1 aliphatic heterocycles. The molecule has 6 nitrogen and oxygen atoms in total.